The number of ether oxygens (including phenoxy) is 2. The third-order valence-electron chi connectivity index (χ3n) is 6.62. The number of carbonyl (C=O) groups is 3. The lowest BCUT2D eigenvalue weighted by molar-refractivity contribution is -0.00127. The van der Waals surface area contributed by atoms with Crippen molar-refractivity contribution in [3.8, 4) is 11.3 Å². The van der Waals surface area contributed by atoms with Crippen molar-refractivity contribution < 1.29 is 32.6 Å². The summed E-state index contributed by atoms with van der Waals surface area (Å²) < 4.78 is 43.1. The largest absolute Gasteiger partial charge is 0.453 e. The fraction of sp³-hybridized carbons (Fsp3) is 0.429. The summed E-state index contributed by atoms with van der Waals surface area (Å²) in [5.41, 5.74) is 0.466. The Morgan fingerprint density at radius 1 is 1.10 bits per heavy atom. The number of carbonyl (C=O) groups excluding carboxylic acids is 3. The van der Waals surface area contributed by atoms with Crippen molar-refractivity contribution in [1.29, 1.82) is 0 Å². The van der Waals surface area contributed by atoms with E-state index in [0.29, 0.717) is 11.3 Å². The smallest absolute Gasteiger partial charge is 0.410 e. The first-order chi connectivity index (χ1) is 18.8. The maximum atomic E-state index is 15.4. The first kappa shape index (κ1) is 28.8. The number of methoxy groups -OCH3 is 1. The van der Waals surface area contributed by atoms with Crippen LogP contribution in [0, 0.1) is 18.6 Å². The molecule has 1 aromatic carbocycles. The number of imidazole rings is 1. The zero-order chi connectivity index (χ0) is 29.4. The molecular weight excluding hydrogens is 524 g/mol. The van der Waals surface area contributed by atoms with Crippen molar-refractivity contribution in [2.75, 3.05) is 33.8 Å². The van der Waals surface area contributed by atoms with Gasteiger partial charge in [0.15, 0.2) is 0 Å². The van der Waals surface area contributed by atoms with Gasteiger partial charge in [0.25, 0.3) is 5.91 Å². The number of halogens is 2. The molecule has 4 rings (SSSR count). The van der Waals surface area contributed by atoms with Gasteiger partial charge < -0.3 is 29.0 Å². The topological polar surface area (TPSA) is 105 Å². The molecule has 0 radical (unpaired) electrons. The number of aromatic nitrogens is 2. The molecule has 1 saturated heterocycles. The van der Waals surface area contributed by atoms with Crippen LogP contribution in [0.4, 0.5) is 18.4 Å². The van der Waals surface area contributed by atoms with Crippen molar-refractivity contribution in [3.05, 3.63) is 58.9 Å². The highest BCUT2D eigenvalue weighted by Crippen LogP contribution is 2.33. The van der Waals surface area contributed by atoms with Gasteiger partial charge in [-0.15, -0.1) is 0 Å². The standard InChI is InChI=1S/C28H33F2N5O5/c1-16-7-8-35-21(14-18-15-33(26(37)39-6)9-10-34(18)27(38)40-28(2,3)4)24(32-22(35)11-16)23-19(29)12-17(13-20(23)30)25(36)31-5/h7-8,11-13,18H,9-10,14-15H2,1-6H3,(H,31,36)/t18-/m0/s1. The van der Waals surface area contributed by atoms with Crippen LogP contribution < -0.4 is 5.32 Å². The van der Waals surface area contributed by atoms with E-state index in [0.717, 1.165) is 17.7 Å². The Kier molecular flexibility index (Phi) is 7.99. The zero-order valence-electron chi connectivity index (χ0n) is 23.4. The number of nitrogens with one attached hydrogen (secondary N) is 1. The predicted octanol–water partition coefficient (Wildman–Crippen LogP) is 4.18. The van der Waals surface area contributed by atoms with Gasteiger partial charge in [-0.3, -0.25) is 4.79 Å². The molecule has 1 atom stereocenters. The lowest BCUT2D eigenvalue weighted by Gasteiger charge is -2.41. The number of pyridine rings is 1. The summed E-state index contributed by atoms with van der Waals surface area (Å²) in [5, 5.41) is 2.35. The summed E-state index contributed by atoms with van der Waals surface area (Å²) in [7, 11) is 2.64. The maximum Gasteiger partial charge on any atom is 0.410 e. The lowest BCUT2D eigenvalue weighted by atomic mass is 10.00. The number of hydrogen-bond donors (Lipinski definition) is 1. The fourth-order valence-corrected chi connectivity index (χ4v) is 4.78. The highest BCUT2D eigenvalue weighted by molar-refractivity contribution is 5.94. The average molecular weight is 558 g/mol. The third kappa shape index (κ3) is 5.85. The molecule has 10 nitrogen and oxygen atoms in total. The number of fused-ring (bicyclic) bond motifs is 1. The molecule has 0 aliphatic carbocycles. The zero-order valence-corrected chi connectivity index (χ0v) is 23.4. The summed E-state index contributed by atoms with van der Waals surface area (Å²) in [6, 6.07) is 4.90. The minimum absolute atomic E-state index is 0.0309. The molecule has 1 aliphatic rings. The summed E-state index contributed by atoms with van der Waals surface area (Å²) in [4.78, 5) is 45.2. The van der Waals surface area contributed by atoms with Gasteiger partial charge in [-0.1, -0.05) is 0 Å². The number of aryl methyl sites for hydroxylation is 1. The van der Waals surface area contributed by atoms with E-state index in [-0.39, 0.29) is 37.3 Å². The Morgan fingerprint density at radius 3 is 2.38 bits per heavy atom. The van der Waals surface area contributed by atoms with Crippen LogP contribution >= 0.6 is 0 Å². The molecule has 0 saturated carbocycles. The van der Waals surface area contributed by atoms with Crippen molar-refractivity contribution in [1.82, 2.24) is 24.5 Å². The van der Waals surface area contributed by atoms with Crippen LogP contribution in [0.15, 0.2) is 30.5 Å². The van der Waals surface area contributed by atoms with Crippen LogP contribution in [-0.2, 0) is 15.9 Å². The monoisotopic (exact) mass is 557 g/mol. The second-order valence-corrected chi connectivity index (χ2v) is 10.7. The van der Waals surface area contributed by atoms with Crippen LogP contribution in [0.2, 0.25) is 0 Å². The molecule has 214 valence electrons. The second-order valence-electron chi connectivity index (χ2n) is 10.7. The highest BCUT2D eigenvalue weighted by atomic mass is 19.1. The molecular formula is C28H33F2N5O5. The van der Waals surface area contributed by atoms with Crippen LogP contribution in [0.25, 0.3) is 16.9 Å². The molecule has 3 heterocycles. The molecule has 0 bridgehead atoms. The first-order valence-corrected chi connectivity index (χ1v) is 12.8. The van der Waals surface area contributed by atoms with Crippen LogP contribution in [0.3, 0.4) is 0 Å². The number of hydrogen-bond acceptors (Lipinski definition) is 6. The quantitative estimate of drug-likeness (QED) is 0.516. The highest BCUT2D eigenvalue weighted by Gasteiger charge is 2.37. The molecule has 40 heavy (non-hydrogen) atoms. The Bertz CT molecular complexity index is 1440. The van der Waals surface area contributed by atoms with Gasteiger partial charge in [0, 0.05) is 44.9 Å². The van der Waals surface area contributed by atoms with Gasteiger partial charge in [0.05, 0.1) is 30.1 Å². The Hall–Kier alpha value is -4.22. The van der Waals surface area contributed by atoms with E-state index in [1.54, 1.807) is 37.4 Å². The van der Waals surface area contributed by atoms with E-state index in [1.807, 2.05) is 13.0 Å². The van der Waals surface area contributed by atoms with E-state index < -0.39 is 46.9 Å². The second kappa shape index (κ2) is 11.1. The molecule has 3 aromatic rings. The summed E-state index contributed by atoms with van der Waals surface area (Å²) in [6.07, 6.45) is 0.706. The van der Waals surface area contributed by atoms with Crippen LogP contribution in [0.1, 0.15) is 42.4 Å². The molecule has 1 fully saturated rings. The first-order valence-electron chi connectivity index (χ1n) is 12.8. The van der Waals surface area contributed by atoms with Gasteiger partial charge in [-0.05, 0) is 57.5 Å². The third-order valence-corrected chi connectivity index (χ3v) is 6.62. The molecule has 12 heteroatoms. The van der Waals surface area contributed by atoms with Gasteiger partial charge in [0.2, 0.25) is 0 Å². The van der Waals surface area contributed by atoms with E-state index in [2.05, 4.69) is 10.3 Å². The van der Waals surface area contributed by atoms with E-state index in [1.165, 1.54) is 24.0 Å². The maximum absolute atomic E-state index is 15.4. The summed E-state index contributed by atoms with van der Waals surface area (Å²) in [5.74, 6) is -2.54. The van der Waals surface area contributed by atoms with Gasteiger partial charge in [0.1, 0.15) is 22.9 Å². The van der Waals surface area contributed by atoms with E-state index in [9.17, 15) is 14.4 Å². The molecule has 0 spiro atoms. The Balaban J connectivity index is 1.84. The number of nitrogens with zero attached hydrogens (tertiary/aromatic N) is 4. The normalized spacial score (nSPS) is 15.8. The number of benzene rings is 1. The van der Waals surface area contributed by atoms with Gasteiger partial charge in [-0.2, -0.15) is 0 Å². The predicted molar refractivity (Wildman–Crippen MR) is 143 cm³/mol. The van der Waals surface area contributed by atoms with Crippen molar-refractivity contribution in [2.24, 2.45) is 0 Å². The lowest BCUT2D eigenvalue weighted by Crippen LogP contribution is -2.58. The van der Waals surface area contributed by atoms with Crippen molar-refractivity contribution in [3.63, 3.8) is 0 Å². The van der Waals surface area contributed by atoms with Crippen molar-refractivity contribution >= 4 is 23.7 Å². The molecule has 1 aliphatic heterocycles. The number of piperazine rings is 1. The van der Waals surface area contributed by atoms with E-state index >= 15 is 8.78 Å². The molecule has 1 N–H and O–H groups in total. The molecule has 0 unspecified atom stereocenters. The minimum atomic E-state index is -0.955. The SMILES string of the molecule is CNC(=O)c1cc(F)c(-c2nc3cc(C)ccn3c2C[C@H]2CN(C(=O)OC)CCN2C(=O)OC(C)(C)C)c(F)c1. The van der Waals surface area contributed by atoms with Crippen LogP contribution in [-0.4, -0.2) is 82.7 Å². The Labute approximate surface area is 230 Å². The minimum Gasteiger partial charge on any atom is -0.453 e. The van der Waals surface area contributed by atoms with Crippen LogP contribution in [0.5, 0.6) is 0 Å². The van der Waals surface area contributed by atoms with Gasteiger partial charge in [-0.25, -0.2) is 23.4 Å². The van der Waals surface area contributed by atoms with E-state index in [4.69, 9.17) is 9.47 Å². The molecule has 3 amide bonds. The number of amides is 3. The van der Waals surface area contributed by atoms with Crippen molar-refractivity contribution in [2.45, 2.75) is 45.8 Å². The summed E-state index contributed by atoms with van der Waals surface area (Å²) in [6.45, 7) is 7.63. The number of rotatable bonds is 4. The average Bonchev–Trinajstić information content (AvgIpc) is 3.22. The van der Waals surface area contributed by atoms with Gasteiger partial charge >= 0.3 is 12.2 Å². The Morgan fingerprint density at radius 2 is 1.77 bits per heavy atom. The molecule has 2 aromatic heterocycles. The summed E-state index contributed by atoms with van der Waals surface area (Å²) >= 11 is 0. The fourth-order valence-electron chi connectivity index (χ4n) is 4.78.